The number of aliphatic hydroxyl groups is 2. The zero-order valence-electron chi connectivity index (χ0n) is 10.7. The van der Waals surface area contributed by atoms with E-state index in [1.54, 1.807) is 0 Å². The van der Waals surface area contributed by atoms with E-state index in [0.717, 1.165) is 12.0 Å². The third-order valence-electron chi connectivity index (χ3n) is 4.99. The average molecular weight is 248 g/mol. The van der Waals surface area contributed by atoms with Gasteiger partial charge in [0.1, 0.15) is 0 Å². The first-order valence-corrected chi connectivity index (χ1v) is 6.86. The van der Waals surface area contributed by atoms with E-state index in [9.17, 15) is 15.0 Å². The van der Waals surface area contributed by atoms with E-state index in [1.165, 1.54) is 5.57 Å². The van der Waals surface area contributed by atoms with Crippen molar-refractivity contribution in [3.8, 4) is 0 Å². The number of Topliss-reactive ketones (excluding diaryl/α,β-unsaturated/α-hetero) is 1. The molecule has 3 aliphatic rings. The maximum atomic E-state index is 11.7. The molecule has 98 valence electrons. The Kier molecular flexibility index (Phi) is 2.91. The molecular formula is C15H20O3. The van der Waals surface area contributed by atoms with Gasteiger partial charge in [-0.1, -0.05) is 12.2 Å². The number of carbonyl (C=O) groups is 1. The van der Waals surface area contributed by atoms with Gasteiger partial charge in [0.25, 0.3) is 0 Å². The van der Waals surface area contributed by atoms with Gasteiger partial charge < -0.3 is 10.2 Å². The Hall–Kier alpha value is -0.930. The first-order chi connectivity index (χ1) is 8.58. The van der Waals surface area contributed by atoms with Crippen molar-refractivity contribution in [1.29, 1.82) is 0 Å². The fourth-order valence-electron chi connectivity index (χ4n) is 3.89. The van der Waals surface area contributed by atoms with Gasteiger partial charge in [0, 0.05) is 6.42 Å². The van der Waals surface area contributed by atoms with Crippen LogP contribution in [0.1, 0.15) is 32.6 Å². The second-order valence-electron chi connectivity index (χ2n) is 5.94. The van der Waals surface area contributed by atoms with Crippen LogP contribution in [0.3, 0.4) is 0 Å². The minimum atomic E-state index is -0.600. The standard InChI is InChI=1S/C15H20O3/c1-8-10-3-2-9-6-14(17)15(18)7-12(9)11(10)4-5-13(8)16/h2-3,9,11-12,14-15,17-18H,4-7H2,1H3/t9-,11-,12-,14+,15-/m1/s1. The molecule has 3 rings (SSSR count). The summed E-state index contributed by atoms with van der Waals surface area (Å²) < 4.78 is 0. The molecule has 0 radical (unpaired) electrons. The van der Waals surface area contributed by atoms with Crippen LogP contribution in [0.25, 0.3) is 0 Å². The van der Waals surface area contributed by atoms with Crippen molar-refractivity contribution < 1.29 is 15.0 Å². The zero-order chi connectivity index (χ0) is 12.9. The van der Waals surface area contributed by atoms with E-state index in [-0.39, 0.29) is 5.78 Å². The lowest BCUT2D eigenvalue weighted by molar-refractivity contribution is -0.116. The molecule has 3 heteroatoms. The lowest BCUT2D eigenvalue weighted by Crippen LogP contribution is -2.43. The molecule has 3 aliphatic carbocycles. The van der Waals surface area contributed by atoms with Crippen molar-refractivity contribution in [3.63, 3.8) is 0 Å². The number of aliphatic hydroxyl groups excluding tert-OH is 2. The Morgan fingerprint density at radius 3 is 2.72 bits per heavy atom. The highest BCUT2D eigenvalue weighted by Crippen LogP contribution is 2.47. The smallest absolute Gasteiger partial charge is 0.158 e. The molecule has 0 heterocycles. The number of hydrogen-bond acceptors (Lipinski definition) is 3. The number of rotatable bonds is 0. The fourth-order valence-corrected chi connectivity index (χ4v) is 3.89. The van der Waals surface area contributed by atoms with E-state index in [4.69, 9.17) is 0 Å². The Balaban J connectivity index is 1.95. The number of fused-ring (bicyclic) bond motifs is 3. The molecular weight excluding hydrogens is 228 g/mol. The van der Waals surface area contributed by atoms with Crippen LogP contribution in [0, 0.1) is 17.8 Å². The van der Waals surface area contributed by atoms with Gasteiger partial charge in [0.15, 0.2) is 5.78 Å². The van der Waals surface area contributed by atoms with Crippen LogP contribution >= 0.6 is 0 Å². The van der Waals surface area contributed by atoms with Gasteiger partial charge in [0.2, 0.25) is 0 Å². The van der Waals surface area contributed by atoms with Crippen LogP contribution in [0.2, 0.25) is 0 Å². The highest BCUT2D eigenvalue weighted by molar-refractivity contribution is 5.97. The van der Waals surface area contributed by atoms with Crippen molar-refractivity contribution in [2.75, 3.05) is 0 Å². The van der Waals surface area contributed by atoms with E-state index >= 15 is 0 Å². The molecule has 5 atom stereocenters. The summed E-state index contributed by atoms with van der Waals surface area (Å²) >= 11 is 0. The molecule has 0 unspecified atom stereocenters. The highest BCUT2D eigenvalue weighted by Gasteiger charge is 2.42. The van der Waals surface area contributed by atoms with E-state index in [0.29, 0.717) is 37.0 Å². The van der Waals surface area contributed by atoms with Crippen LogP contribution in [0.15, 0.2) is 23.3 Å². The van der Waals surface area contributed by atoms with Crippen molar-refractivity contribution >= 4 is 5.78 Å². The molecule has 0 bridgehead atoms. The third-order valence-corrected chi connectivity index (χ3v) is 4.99. The van der Waals surface area contributed by atoms with Gasteiger partial charge in [-0.2, -0.15) is 0 Å². The molecule has 0 saturated heterocycles. The molecule has 0 amide bonds. The Labute approximate surface area is 107 Å². The maximum absolute atomic E-state index is 11.7. The van der Waals surface area contributed by atoms with Crippen LogP contribution < -0.4 is 0 Å². The van der Waals surface area contributed by atoms with Crippen LogP contribution in [0.4, 0.5) is 0 Å². The summed E-state index contributed by atoms with van der Waals surface area (Å²) in [4.78, 5) is 11.7. The predicted molar refractivity (Wildman–Crippen MR) is 67.8 cm³/mol. The van der Waals surface area contributed by atoms with Crippen LogP contribution in [-0.4, -0.2) is 28.2 Å². The molecule has 0 spiro atoms. The lowest BCUT2D eigenvalue weighted by Gasteiger charge is -2.44. The normalized spacial score (nSPS) is 43.7. The summed E-state index contributed by atoms with van der Waals surface area (Å²) in [6.07, 6.45) is 5.88. The number of carbonyl (C=O) groups excluding carboxylic acids is 1. The van der Waals surface area contributed by atoms with E-state index in [1.807, 2.05) is 6.92 Å². The Bertz CT molecular complexity index is 435. The Morgan fingerprint density at radius 2 is 1.94 bits per heavy atom. The summed E-state index contributed by atoms with van der Waals surface area (Å²) in [7, 11) is 0. The molecule has 0 aromatic rings. The maximum Gasteiger partial charge on any atom is 0.158 e. The first kappa shape index (κ1) is 12.1. The summed E-state index contributed by atoms with van der Waals surface area (Å²) in [6, 6.07) is 0. The first-order valence-electron chi connectivity index (χ1n) is 6.86. The second-order valence-corrected chi connectivity index (χ2v) is 5.94. The van der Waals surface area contributed by atoms with Gasteiger partial charge >= 0.3 is 0 Å². The monoisotopic (exact) mass is 248 g/mol. The van der Waals surface area contributed by atoms with Crippen molar-refractivity contribution in [3.05, 3.63) is 23.3 Å². The number of allylic oxidation sites excluding steroid dienone is 4. The van der Waals surface area contributed by atoms with Crippen LogP contribution in [-0.2, 0) is 4.79 Å². The topological polar surface area (TPSA) is 57.5 Å². The summed E-state index contributed by atoms with van der Waals surface area (Å²) in [5.41, 5.74) is 2.08. The predicted octanol–water partition coefficient (Wildman–Crippen LogP) is 1.60. The number of hydrogen-bond donors (Lipinski definition) is 2. The highest BCUT2D eigenvalue weighted by atomic mass is 16.3. The summed E-state index contributed by atoms with van der Waals surface area (Å²) in [6.45, 7) is 1.92. The fraction of sp³-hybridized carbons (Fsp3) is 0.667. The van der Waals surface area contributed by atoms with Crippen molar-refractivity contribution in [2.45, 2.75) is 44.8 Å². The average Bonchev–Trinajstić information content (AvgIpc) is 2.35. The molecule has 0 aromatic heterocycles. The van der Waals surface area contributed by atoms with Gasteiger partial charge in [-0.05, 0) is 55.1 Å². The van der Waals surface area contributed by atoms with Gasteiger partial charge in [-0.15, -0.1) is 0 Å². The number of ketones is 1. The zero-order valence-corrected chi connectivity index (χ0v) is 10.7. The van der Waals surface area contributed by atoms with Crippen molar-refractivity contribution in [2.24, 2.45) is 17.8 Å². The van der Waals surface area contributed by atoms with E-state index in [2.05, 4.69) is 12.2 Å². The van der Waals surface area contributed by atoms with E-state index < -0.39 is 12.2 Å². The molecule has 1 saturated carbocycles. The molecule has 0 aliphatic heterocycles. The van der Waals surface area contributed by atoms with Crippen molar-refractivity contribution in [1.82, 2.24) is 0 Å². The van der Waals surface area contributed by atoms with Gasteiger partial charge in [-0.25, -0.2) is 0 Å². The molecule has 3 nitrogen and oxygen atoms in total. The van der Waals surface area contributed by atoms with Gasteiger partial charge in [-0.3, -0.25) is 4.79 Å². The Morgan fingerprint density at radius 1 is 1.22 bits per heavy atom. The summed E-state index contributed by atoms with van der Waals surface area (Å²) in [5, 5.41) is 19.6. The minimum absolute atomic E-state index is 0.265. The van der Waals surface area contributed by atoms with Crippen LogP contribution in [0.5, 0.6) is 0 Å². The molecule has 2 N–H and O–H groups in total. The van der Waals surface area contributed by atoms with Gasteiger partial charge in [0.05, 0.1) is 12.2 Å². The lowest BCUT2D eigenvalue weighted by atomic mass is 9.62. The molecule has 0 aromatic carbocycles. The quantitative estimate of drug-likeness (QED) is 0.684. The molecule has 1 fully saturated rings. The minimum Gasteiger partial charge on any atom is -0.390 e. The molecule has 18 heavy (non-hydrogen) atoms. The third kappa shape index (κ3) is 1.77. The largest absolute Gasteiger partial charge is 0.390 e. The SMILES string of the molecule is CC1=C2C=C[C@@H]3C[C@H](O)[C@H](O)C[C@H]3[C@@H]2CCC1=O. The summed E-state index contributed by atoms with van der Waals surface area (Å²) in [5.74, 6) is 1.42. The second kappa shape index (κ2) is 4.32.